The Bertz CT molecular complexity index is 1130. The molecule has 0 unspecified atom stereocenters. The molecule has 0 bridgehead atoms. The average Bonchev–Trinajstić information content (AvgIpc) is 3.31. The molecule has 2 atom stereocenters. The van der Waals surface area contributed by atoms with Gasteiger partial charge in [0.2, 0.25) is 0 Å². The van der Waals surface area contributed by atoms with Crippen LogP contribution in [0.3, 0.4) is 0 Å². The van der Waals surface area contributed by atoms with Crippen LogP contribution in [0.2, 0.25) is 0 Å². The van der Waals surface area contributed by atoms with E-state index < -0.39 is 30.3 Å². The number of hydrogen-bond donors (Lipinski definition) is 2. The normalized spacial score (nSPS) is 20.0. The van der Waals surface area contributed by atoms with E-state index in [9.17, 15) is 22.8 Å². The molecule has 4 rings (SSSR count). The van der Waals surface area contributed by atoms with Crippen LogP contribution in [-0.4, -0.2) is 72.8 Å². The highest BCUT2D eigenvalue weighted by Crippen LogP contribution is 2.45. The number of likely N-dealkylation sites (tertiary alicyclic amines) is 1. The number of hydrogen-bond acceptors (Lipinski definition) is 7. The molecule has 10 nitrogen and oxygen atoms in total. The molecule has 1 aromatic carbocycles. The fourth-order valence-corrected chi connectivity index (χ4v) is 4.70. The first kappa shape index (κ1) is 26.4. The van der Waals surface area contributed by atoms with Crippen molar-refractivity contribution in [3.63, 3.8) is 0 Å². The smallest absolute Gasteiger partial charge is 0.410 e. The monoisotopic (exact) mass is 525 g/mol. The molecule has 2 aliphatic heterocycles. The summed E-state index contributed by atoms with van der Waals surface area (Å²) in [5.74, 6) is 0.303. The van der Waals surface area contributed by atoms with Crippen molar-refractivity contribution in [1.29, 1.82) is 0 Å². The molecule has 3 heterocycles. The third-order valence-electron chi connectivity index (χ3n) is 6.65. The Balaban J connectivity index is 1.54. The zero-order valence-electron chi connectivity index (χ0n) is 20.8. The van der Waals surface area contributed by atoms with Crippen molar-refractivity contribution >= 4 is 17.8 Å². The number of alkyl halides is 3. The van der Waals surface area contributed by atoms with Crippen molar-refractivity contribution in [3.8, 4) is 11.5 Å². The molecule has 0 radical (unpaired) electrons. The van der Waals surface area contributed by atoms with Crippen molar-refractivity contribution in [2.45, 2.75) is 50.5 Å². The van der Waals surface area contributed by atoms with E-state index in [1.54, 1.807) is 30.0 Å². The van der Waals surface area contributed by atoms with Crippen molar-refractivity contribution < 1.29 is 37.0 Å². The summed E-state index contributed by atoms with van der Waals surface area (Å²) in [4.78, 5) is 26.6. The van der Waals surface area contributed by atoms with Gasteiger partial charge in [-0.25, -0.2) is 9.48 Å². The van der Waals surface area contributed by atoms with Gasteiger partial charge in [0.15, 0.2) is 17.5 Å². The number of carbonyl (C=O) groups is 2. The summed E-state index contributed by atoms with van der Waals surface area (Å²) in [6, 6.07) is 1.99. The maximum absolute atomic E-state index is 14.0. The summed E-state index contributed by atoms with van der Waals surface area (Å²) in [5.41, 5.74) is 0.573. The molecule has 1 fully saturated rings. The fraction of sp³-hybridized carbons (Fsp3) is 0.542. The number of piperidine rings is 1. The van der Waals surface area contributed by atoms with Crippen LogP contribution in [0.1, 0.15) is 54.2 Å². The van der Waals surface area contributed by atoms with Crippen LogP contribution in [0.25, 0.3) is 0 Å². The lowest BCUT2D eigenvalue weighted by Gasteiger charge is -2.34. The van der Waals surface area contributed by atoms with Gasteiger partial charge in [0.05, 0.1) is 33.1 Å². The number of fused-ring (bicyclic) bond motifs is 1. The summed E-state index contributed by atoms with van der Waals surface area (Å²) in [6.07, 6.45) is -3.14. The minimum Gasteiger partial charge on any atom is -0.493 e. The van der Waals surface area contributed by atoms with Gasteiger partial charge in [0.25, 0.3) is 5.91 Å². The first-order valence-electron chi connectivity index (χ1n) is 12.0. The first-order chi connectivity index (χ1) is 17.7. The molecule has 0 spiro atoms. The van der Waals surface area contributed by atoms with Gasteiger partial charge in [-0.1, -0.05) is 6.07 Å². The Hall–Kier alpha value is -3.64. The number of methoxy groups -OCH3 is 2. The highest BCUT2D eigenvalue weighted by atomic mass is 19.4. The minimum absolute atomic E-state index is 0.00480. The summed E-state index contributed by atoms with van der Waals surface area (Å²) >= 11 is 0. The Morgan fingerprint density at radius 3 is 2.49 bits per heavy atom. The fourth-order valence-electron chi connectivity index (χ4n) is 4.70. The van der Waals surface area contributed by atoms with E-state index in [0.29, 0.717) is 43.0 Å². The number of carbonyl (C=O) groups excluding carboxylic acids is 2. The number of amides is 2. The van der Waals surface area contributed by atoms with Gasteiger partial charge in [0.1, 0.15) is 11.4 Å². The van der Waals surface area contributed by atoms with E-state index in [-0.39, 0.29) is 30.5 Å². The molecule has 2 aromatic rings. The number of nitrogens with one attached hydrogen (secondary N) is 2. The molecular formula is C24H30F3N5O5. The van der Waals surface area contributed by atoms with E-state index in [2.05, 4.69) is 15.7 Å². The standard InChI is InChI=1S/C24H30F3N5O5/c1-4-37-23(34)31-9-7-15(8-10-31)29-22(33)16-13-28-32-20(24(25,26)27)12-17(30-21(16)32)14-5-6-18(35-2)19(11-14)36-3/h5-6,11,13,15,17,20,30H,4,7-10,12H2,1-3H3,(H,29,33)/t17-,20+/m1/s1. The topological polar surface area (TPSA) is 107 Å². The van der Waals surface area contributed by atoms with Gasteiger partial charge < -0.3 is 29.7 Å². The van der Waals surface area contributed by atoms with Crippen molar-refractivity contribution in [2.75, 3.05) is 39.2 Å². The van der Waals surface area contributed by atoms with Crippen molar-refractivity contribution in [1.82, 2.24) is 20.0 Å². The lowest BCUT2D eigenvalue weighted by molar-refractivity contribution is -0.173. The zero-order valence-corrected chi connectivity index (χ0v) is 20.8. The summed E-state index contributed by atoms with van der Waals surface area (Å²) < 4.78 is 58.5. The maximum atomic E-state index is 14.0. The molecule has 0 aliphatic carbocycles. The van der Waals surface area contributed by atoms with E-state index in [4.69, 9.17) is 14.2 Å². The molecule has 202 valence electrons. The van der Waals surface area contributed by atoms with Crippen LogP contribution in [0.15, 0.2) is 24.4 Å². The molecule has 2 aliphatic rings. The number of nitrogens with zero attached hydrogens (tertiary/aromatic N) is 3. The molecule has 2 N–H and O–H groups in total. The second kappa shape index (κ2) is 10.8. The molecule has 13 heteroatoms. The number of benzene rings is 1. The van der Waals surface area contributed by atoms with Gasteiger partial charge in [-0.15, -0.1) is 0 Å². The lowest BCUT2D eigenvalue weighted by atomic mass is 9.96. The minimum atomic E-state index is -4.58. The molecular weight excluding hydrogens is 495 g/mol. The third-order valence-corrected chi connectivity index (χ3v) is 6.65. The third kappa shape index (κ3) is 5.54. The van der Waals surface area contributed by atoms with Gasteiger partial charge in [-0.05, 0) is 37.5 Å². The van der Waals surface area contributed by atoms with Crippen molar-refractivity contribution in [3.05, 3.63) is 35.5 Å². The molecule has 2 amide bonds. The number of aromatic nitrogens is 2. The highest BCUT2D eigenvalue weighted by molar-refractivity contribution is 5.99. The number of halogens is 3. The second-order valence-corrected chi connectivity index (χ2v) is 8.89. The Morgan fingerprint density at radius 2 is 1.86 bits per heavy atom. The van der Waals surface area contributed by atoms with Gasteiger partial charge in [-0.2, -0.15) is 18.3 Å². The van der Waals surface area contributed by atoms with Crippen LogP contribution < -0.4 is 20.1 Å². The lowest BCUT2D eigenvalue weighted by Crippen LogP contribution is -2.46. The van der Waals surface area contributed by atoms with E-state index in [0.717, 1.165) is 10.9 Å². The summed E-state index contributed by atoms with van der Waals surface area (Å²) in [5, 5.41) is 9.88. The summed E-state index contributed by atoms with van der Waals surface area (Å²) in [6.45, 7) is 2.82. The summed E-state index contributed by atoms with van der Waals surface area (Å²) in [7, 11) is 2.92. The Morgan fingerprint density at radius 1 is 1.16 bits per heavy atom. The van der Waals surface area contributed by atoms with Crippen LogP contribution in [-0.2, 0) is 4.74 Å². The zero-order chi connectivity index (χ0) is 26.7. The molecule has 1 saturated heterocycles. The number of ether oxygens (including phenoxy) is 3. The molecule has 1 aromatic heterocycles. The Labute approximate surface area is 212 Å². The number of rotatable bonds is 6. The quantitative estimate of drug-likeness (QED) is 0.589. The predicted octanol–water partition coefficient (Wildman–Crippen LogP) is 3.91. The van der Waals surface area contributed by atoms with Crippen LogP contribution in [0, 0.1) is 0 Å². The molecule has 0 saturated carbocycles. The van der Waals surface area contributed by atoms with Gasteiger partial charge >= 0.3 is 12.3 Å². The van der Waals surface area contributed by atoms with Crippen LogP contribution >= 0.6 is 0 Å². The number of anilines is 1. The largest absolute Gasteiger partial charge is 0.493 e. The van der Waals surface area contributed by atoms with E-state index >= 15 is 0 Å². The SMILES string of the molecule is CCOC(=O)N1CCC(NC(=O)c2cnn3c2N[C@@H](c2ccc(OC)c(OC)c2)C[C@H]3C(F)(F)F)CC1. The predicted molar refractivity (Wildman–Crippen MR) is 127 cm³/mol. The van der Waals surface area contributed by atoms with Gasteiger partial charge in [0, 0.05) is 25.6 Å². The van der Waals surface area contributed by atoms with E-state index in [1.165, 1.54) is 14.2 Å². The highest BCUT2D eigenvalue weighted by Gasteiger charge is 2.47. The first-order valence-corrected chi connectivity index (χ1v) is 12.0. The van der Waals surface area contributed by atoms with Gasteiger partial charge in [-0.3, -0.25) is 4.79 Å². The van der Waals surface area contributed by atoms with Crippen molar-refractivity contribution in [2.24, 2.45) is 0 Å². The van der Waals surface area contributed by atoms with Crippen LogP contribution in [0.5, 0.6) is 11.5 Å². The van der Waals surface area contributed by atoms with E-state index in [1.807, 2.05) is 0 Å². The Kier molecular flexibility index (Phi) is 7.69. The average molecular weight is 526 g/mol. The maximum Gasteiger partial charge on any atom is 0.410 e. The molecule has 37 heavy (non-hydrogen) atoms. The second-order valence-electron chi connectivity index (χ2n) is 8.89. The van der Waals surface area contributed by atoms with Crippen LogP contribution in [0.4, 0.5) is 23.8 Å².